The van der Waals surface area contributed by atoms with E-state index in [1.165, 1.54) is 0 Å². The van der Waals surface area contributed by atoms with Crippen LogP contribution in [0.5, 0.6) is 0 Å². The summed E-state index contributed by atoms with van der Waals surface area (Å²) in [6.45, 7) is -0.172. The normalized spacial score (nSPS) is 22.5. The number of aliphatic hydroxyl groups excluding tert-OH is 1. The second kappa shape index (κ2) is 5.24. The first kappa shape index (κ1) is 14.8. The quantitative estimate of drug-likeness (QED) is 0.921. The van der Waals surface area contributed by atoms with Crippen LogP contribution in [0, 0.1) is 0 Å². The molecular weight excluding hydrogens is 287 g/mol. The van der Waals surface area contributed by atoms with Crippen molar-refractivity contribution in [3.05, 3.63) is 11.6 Å². The van der Waals surface area contributed by atoms with Crippen LogP contribution in [0.3, 0.4) is 0 Å². The molecule has 0 amide bonds. The minimum atomic E-state index is -4.35. The van der Waals surface area contributed by atoms with Crippen LogP contribution in [-0.2, 0) is 16.7 Å². The number of nitrogens with zero attached hydrogens (tertiary/aromatic N) is 3. The van der Waals surface area contributed by atoms with E-state index >= 15 is 0 Å². The minimum absolute atomic E-state index is 0.0430. The standard InChI is InChI=1S/C13H18F3N3O2/c14-13(15,16)7-19-11(12(8-20)3-4-12)17-10(18-19)9-1-5-21-6-2-9/h9,20H,1-8H2. The van der Waals surface area contributed by atoms with E-state index in [-0.39, 0.29) is 18.3 Å². The van der Waals surface area contributed by atoms with Crippen molar-refractivity contribution in [2.45, 2.75) is 49.7 Å². The number of rotatable bonds is 4. The Morgan fingerprint density at radius 2 is 1.95 bits per heavy atom. The van der Waals surface area contributed by atoms with Crippen LogP contribution in [0.15, 0.2) is 0 Å². The SMILES string of the molecule is OCC1(c2nc(C3CCOCC3)nn2CC(F)(F)F)CC1. The lowest BCUT2D eigenvalue weighted by Crippen LogP contribution is -2.25. The highest BCUT2D eigenvalue weighted by molar-refractivity contribution is 5.20. The molecule has 5 nitrogen and oxygen atoms in total. The van der Waals surface area contributed by atoms with Crippen molar-refractivity contribution in [3.63, 3.8) is 0 Å². The largest absolute Gasteiger partial charge is 0.408 e. The molecule has 0 spiro atoms. The molecule has 118 valence electrons. The summed E-state index contributed by atoms with van der Waals surface area (Å²) in [5.41, 5.74) is -0.623. The van der Waals surface area contributed by atoms with Crippen LogP contribution < -0.4 is 0 Å². The highest BCUT2D eigenvalue weighted by atomic mass is 19.4. The van der Waals surface area contributed by atoms with Gasteiger partial charge in [-0.1, -0.05) is 0 Å². The molecule has 2 fully saturated rings. The number of aromatic nitrogens is 3. The Morgan fingerprint density at radius 3 is 2.48 bits per heavy atom. The minimum Gasteiger partial charge on any atom is -0.395 e. The summed E-state index contributed by atoms with van der Waals surface area (Å²) in [6.07, 6.45) is -1.58. The van der Waals surface area contributed by atoms with E-state index in [1.807, 2.05) is 0 Å². The van der Waals surface area contributed by atoms with Crippen LogP contribution >= 0.6 is 0 Å². The average molecular weight is 305 g/mol. The van der Waals surface area contributed by atoms with Crippen LogP contribution in [0.25, 0.3) is 0 Å². The van der Waals surface area contributed by atoms with Gasteiger partial charge in [0.05, 0.1) is 12.0 Å². The van der Waals surface area contributed by atoms with Crippen molar-refractivity contribution in [3.8, 4) is 0 Å². The first-order chi connectivity index (χ1) is 9.93. The second-order valence-corrected chi connectivity index (χ2v) is 5.89. The average Bonchev–Trinajstić information content (AvgIpc) is 3.13. The fraction of sp³-hybridized carbons (Fsp3) is 0.846. The van der Waals surface area contributed by atoms with Crippen molar-refractivity contribution >= 4 is 0 Å². The maximum atomic E-state index is 12.7. The molecule has 1 aromatic rings. The monoisotopic (exact) mass is 305 g/mol. The number of alkyl halides is 3. The zero-order chi connectivity index (χ0) is 15.1. The van der Waals surface area contributed by atoms with Crippen LogP contribution in [0.2, 0.25) is 0 Å². The van der Waals surface area contributed by atoms with Crippen molar-refractivity contribution in [1.82, 2.24) is 14.8 Å². The van der Waals surface area contributed by atoms with Gasteiger partial charge in [0.15, 0.2) is 5.82 Å². The number of aliphatic hydroxyl groups is 1. The molecule has 0 bridgehead atoms. The van der Waals surface area contributed by atoms with Gasteiger partial charge in [0.2, 0.25) is 0 Å². The van der Waals surface area contributed by atoms with E-state index in [0.717, 1.165) is 17.5 Å². The van der Waals surface area contributed by atoms with Crippen molar-refractivity contribution in [1.29, 1.82) is 0 Å². The van der Waals surface area contributed by atoms with E-state index in [2.05, 4.69) is 10.1 Å². The summed E-state index contributed by atoms with van der Waals surface area (Å²) in [5.74, 6) is 0.780. The molecule has 1 N–H and O–H groups in total. The summed E-state index contributed by atoms with van der Waals surface area (Å²) in [5, 5.41) is 13.6. The number of ether oxygens (including phenoxy) is 1. The molecule has 0 radical (unpaired) electrons. The molecule has 1 aliphatic heterocycles. The molecule has 1 aromatic heterocycles. The Labute approximate surface area is 120 Å². The first-order valence-electron chi connectivity index (χ1n) is 7.14. The molecule has 0 atom stereocenters. The van der Waals surface area contributed by atoms with E-state index in [1.54, 1.807) is 0 Å². The fourth-order valence-electron chi connectivity index (χ4n) is 2.76. The van der Waals surface area contributed by atoms with Gasteiger partial charge in [0.1, 0.15) is 12.4 Å². The predicted molar refractivity (Wildman–Crippen MR) is 66.9 cm³/mol. The predicted octanol–water partition coefficient (Wildman–Crippen LogP) is 1.76. The zero-order valence-corrected chi connectivity index (χ0v) is 11.6. The molecular formula is C13H18F3N3O2. The second-order valence-electron chi connectivity index (χ2n) is 5.89. The Bertz CT molecular complexity index is 505. The van der Waals surface area contributed by atoms with E-state index in [9.17, 15) is 18.3 Å². The highest BCUT2D eigenvalue weighted by Gasteiger charge is 2.49. The van der Waals surface area contributed by atoms with E-state index in [0.29, 0.717) is 31.9 Å². The number of halogens is 3. The lowest BCUT2D eigenvalue weighted by molar-refractivity contribution is -0.143. The van der Waals surface area contributed by atoms with Gasteiger partial charge in [-0.25, -0.2) is 9.67 Å². The molecule has 21 heavy (non-hydrogen) atoms. The highest BCUT2D eigenvalue weighted by Crippen LogP contribution is 2.47. The Hall–Kier alpha value is -1.15. The van der Waals surface area contributed by atoms with Gasteiger partial charge in [-0.3, -0.25) is 0 Å². The molecule has 1 saturated carbocycles. The molecule has 1 aliphatic carbocycles. The van der Waals surface area contributed by atoms with Gasteiger partial charge in [0.25, 0.3) is 0 Å². The van der Waals surface area contributed by atoms with E-state index in [4.69, 9.17) is 4.74 Å². The first-order valence-corrected chi connectivity index (χ1v) is 7.14. The molecule has 0 aromatic carbocycles. The summed E-state index contributed by atoms with van der Waals surface area (Å²) < 4.78 is 44.3. The summed E-state index contributed by atoms with van der Waals surface area (Å²) in [7, 11) is 0. The summed E-state index contributed by atoms with van der Waals surface area (Å²) in [6, 6.07) is 0. The third-order valence-corrected chi connectivity index (χ3v) is 4.23. The summed E-state index contributed by atoms with van der Waals surface area (Å²) in [4.78, 5) is 4.36. The van der Waals surface area contributed by atoms with Gasteiger partial charge in [-0.2, -0.15) is 18.3 Å². The van der Waals surface area contributed by atoms with Gasteiger partial charge in [0, 0.05) is 19.1 Å². The topological polar surface area (TPSA) is 60.2 Å². The smallest absolute Gasteiger partial charge is 0.395 e. The molecule has 2 heterocycles. The molecule has 3 rings (SSSR count). The van der Waals surface area contributed by atoms with Crippen LogP contribution in [0.4, 0.5) is 13.2 Å². The Balaban J connectivity index is 1.91. The lowest BCUT2D eigenvalue weighted by atomic mass is 10.00. The Kier molecular flexibility index (Phi) is 3.69. The molecule has 0 unspecified atom stereocenters. The van der Waals surface area contributed by atoms with Gasteiger partial charge in [-0.15, -0.1) is 0 Å². The lowest BCUT2D eigenvalue weighted by Gasteiger charge is -2.18. The summed E-state index contributed by atoms with van der Waals surface area (Å²) >= 11 is 0. The zero-order valence-electron chi connectivity index (χ0n) is 11.6. The fourth-order valence-corrected chi connectivity index (χ4v) is 2.76. The van der Waals surface area contributed by atoms with E-state index < -0.39 is 18.1 Å². The van der Waals surface area contributed by atoms with Crippen LogP contribution in [-0.4, -0.2) is 45.9 Å². The van der Waals surface area contributed by atoms with Crippen molar-refractivity contribution in [2.24, 2.45) is 0 Å². The van der Waals surface area contributed by atoms with Gasteiger partial charge in [-0.05, 0) is 25.7 Å². The number of hydrogen-bond donors (Lipinski definition) is 1. The maximum Gasteiger partial charge on any atom is 0.408 e. The van der Waals surface area contributed by atoms with Gasteiger partial charge >= 0.3 is 6.18 Å². The van der Waals surface area contributed by atoms with Gasteiger partial charge < -0.3 is 9.84 Å². The maximum absolute atomic E-state index is 12.7. The van der Waals surface area contributed by atoms with Crippen molar-refractivity contribution < 1.29 is 23.0 Å². The molecule has 2 aliphatic rings. The number of hydrogen-bond acceptors (Lipinski definition) is 4. The third kappa shape index (κ3) is 3.06. The van der Waals surface area contributed by atoms with Crippen molar-refractivity contribution in [2.75, 3.05) is 19.8 Å². The Morgan fingerprint density at radius 1 is 1.29 bits per heavy atom. The third-order valence-electron chi connectivity index (χ3n) is 4.23. The molecule has 8 heteroatoms. The van der Waals surface area contributed by atoms with Crippen LogP contribution in [0.1, 0.15) is 43.3 Å². The molecule has 1 saturated heterocycles.